The largest absolute Gasteiger partial charge is 0.490 e. The Morgan fingerprint density at radius 3 is 2.80 bits per heavy atom. The molecule has 2 aromatic carbocycles. The summed E-state index contributed by atoms with van der Waals surface area (Å²) in [6.07, 6.45) is 5.35. The molecule has 7 nitrogen and oxygen atoms in total. The number of aromatic nitrogens is 2. The van der Waals surface area contributed by atoms with E-state index in [4.69, 9.17) is 21.1 Å². The fourth-order valence-electron chi connectivity index (χ4n) is 4.35. The van der Waals surface area contributed by atoms with Crippen LogP contribution in [-0.4, -0.2) is 85.5 Å². The molecule has 1 aliphatic rings. The Hall–Kier alpha value is -2.71. The third-order valence-electron chi connectivity index (χ3n) is 6.41. The Morgan fingerprint density at radius 1 is 1.31 bits per heavy atom. The lowest BCUT2D eigenvalue weighted by Crippen LogP contribution is -2.45. The highest BCUT2D eigenvalue weighted by atomic mass is 35.5. The number of likely N-dealkylation sites (N-methyl/N-ethyl adjacent to an activating group) is 2. The van der Waals surface area contributed by atoms with Crippen molar-refractivity contribution in [3.8, 4) is 11.4 Å². The van der Waals surface area contributed by atoms with Gasteiger partial charge in [0, 0.05) is 38.6 Å². The molecule has 0 bridgehead atoms. The van der Waals surface area contributed by atoms with Gasteiger partial charge in [-0.25, -0.2) is 4.68 Å². The lowest BCUT2D eigenvalue weighted by Gasteiger charge is -2.32. The molecule has 1 saturated heterocycles. The fourth-order valence-corrected chi connectivity index (χ4v) is 4.63. The average molecular weight is 497 g/mol. The predicted octanol–water partition coefficient (Wildman–Crippen LogP) is 3.88. The van der Waals surface area contributed by atoms with Crippen molar-refractivity contribution in [3.05, 3.63) is 76.1 Å². The van der Waals surface area contributed by atoms with E-state index in [9.17, 15) is 4.79 Å². The Bertz CT molecular complexity index is 1120. The summed E-state index contributed by atoms with van der Waals surface area (Å²) < 4.78 is 13.7. The number of morpholine rings is 1. The minimum Gasteiger partial charge on any atom is -0.490 e. The van der Waals surface area contributed by atoms with Gasteiger partial charge < -0.3 is 19.3 Å². The molecule has 8 heteroatoms. The van der Waals surface area contributed by atoms with Crippen LogP contribution in [0, 0.1) is 6.92 Å². The number of benzene rings is 2. The Kier molecular flexibility index (Phi) is 8.57. The number of aldehydes is 1. The number of hydrogen-bond acceptors (Lipinski definition) is 6. The van der Waals surface area contributed by atoms with Crippen LogP contribution < -0.4 is 4.74 Å². The van der Waals surface area contributed by atoms with Crippen molar-refractivity contribution < 1.29 is 14.3 Å². The topological polar surface area (TPSA) is 59.8 Å². The molecule has 0 spiro atoms. The standard InChI is InChI=1S/C27H33ClN4O3/c1-20-22(15-21-5-7-24(8-6-21)32-10-4-9-29-32)16-23(19-33)27(26(20)28)35-14-12-31(3)18-25-17-30(2)11-13-34-25/h4-10,16,19,25H,11-15,17-18H2,1-3H3. The van der Waals surface area contributed by atoms with Gasteiger partial charge in [-0.05, 0) is 68.4 Å². The second-order valence-electron chi connectivity index (χ2n) is 9.17. The first-order chi connectivity index (χ1) is 16.9. The minimum absolute atomic E-state index is 0.197. The lowest BCUT2D eigenvalue weighted by molar-refractivity contribution is -0.0333. The van der Waals surface area contributed by atoms with Crippen LogP contribution in [0.1, 0.15) is 27.0 Å². The molecule has 1 aliphatic heterocycles. The number of carbonyl (C=O) groups is 1. The van der Waals surface area contributed by atoms with E-state index >= 15 is 0 Å². The van der Waals surface area contributed by atoms with Crippen LogP contribution in [0.2, 0.25) is 5.02 Å². The fraction of sp³-hybridized carbons (Fsp3) is 0.407. The molecule has 1 atom stereocenters. The molecule has 0 saturated carbocycles. The second-order valence-corrected chi connectivity index (χ2v) is 9.55. The minimum atomic E-state index is 0.197. The third kappa shape index (κ3) is 6.49. The van der Waals surface area contributed by atoms with E-state index in [-0.39, 0.29) is 6.10 Å². The highest BCUT2D eigenvalue weighted by Gasteiger charge is 2.20. The summed E-state index contributed by atoms with van der Waals surface area (Å²) >= 11 is 6.69. The van der Waals surface area contributed by atoms with Crippen molar-refractivity contribution in [2.75, 3.05) is 53.5 Å². The van der Waals surface area contributed by atoms with Crippen LogP contribution in [0.5, 0.6) is 5.75 Å². The predicted molar refractivity (Wildman–Crippen MR) is 138 cm³/mol. The summed E-state index contributed by atoms with van der Waals surface area (Å²) in [5, 5.41) is 4.76. The molecule has 2 heterocycles. The maximum atomic E-state index is 11.9. The van der Waals surface area contributed by atoms with Gasteiger partial charge >= 0.3 is 0 Å². The molecule has 0 N–H and O–H groups in total. The van der Waals surface area contributed by atoms with Crippen molar-refractivity contribution in [2.24, 2.45) is 0 Å². The summed E-state index contributed by atoms with van der Waals surface area (Å²) in [4.78, 5) is 16.4. The second kappa shape index (κ2) is 11.8. The molecule has 0 radical (unpaired) electrons. The first-order valence-electron chi connectivity index (χ1n) is 11.9. The van der Waals surface area contributed by atoms with Crippen LogP contribution in [0.3, 0.4) is 0 Å². The highest BCUT2D eigenvalue weighted by Crippen LogP contribution is 2.34. The summed E-state index contributed by atoms with van der Waals surface area (Å²) in [6.45, 7) is 6.62. The van der Waals surface area contributed by atoms with Crippen molar-refractivity contribution in [1.82, 2.24) is 19.6 Å². The monoisotopic (exact) mass is 496 g/mol. The number of rotatable bonds is 10. The molecule has 3 aromatic rings. The van der Waals surface area contributed by atoms with Crippen molar-refractivity contribution in [1.29, 1.82) is 0 Å². The van der Waals surface area contributed by atoms with Crippen LogP contribution in [0.4, 0.5) is 0 Å². The first kappa shape index (κ1) is 25.4. The molecule has 4 rings (SSSR count). The number of halogens is 1. The summed E-state index contributed by atoms with van der Waals surface area (Å²) in [6, 6.07) is 12.0. The van der Waals surface area contributed by atoms with Gasteiger partial charge in [0.05, 0.1) is 29.0 Å². The smallest absolute Gasteiger partial charge is 0.153 e. The van der Waals surface area contributed by atoms with Crippen molar-refractivity contribution >= 4 is 17.9 Å². The molecule has 1 aromatic heterocycles. The van der Waals surface area contributed by atoms with E-state index in [1.54, 1.807) is 6.20 Å². The van der Waals surface area contributed by atoms with Crippen molar-refractivity contribution in [2.45, 2.75) is 19.4 Å². The Labute approximate surface area is 212 Å². The zero-order chi connectivity index (χ0) is 24.8. The highest BCUT2D eigenvalue weighted by molar-refractivity contribution is 6.33. The molecule has 1 unspecified atom stereocenters. The third-order valence-corrected chi connectivity index (χ3v) is 6.86. The van der Waals surface area contributed by atoms with Crippen LogP contribution in [-0.2, 0) is 11.2 Å². The van der Waals surface area contributed by atoms with Gasteiger partial charge in [0.25, 0.3) is 0 Å². The van der Waals surface area contributed by atoms with E-state index in [0.29, 0.717) is 35.9 Å². The SMILES string of the molecule is Cc1c(Cc2ccc(-n3cccn3)cc2)cc(C=O)c(OCCN(C)CC2CN(C)CCO2)c1Cl. The number of carbonyl (C=O) groups excluding carboxylic acids is 1. The van der Waals surface area contributed by atoms with Gasteiger partial charge in [-0.2, -0.15) is 5.10 Å². The van der Waals surface area contributed by atoms with E-state index in [2.05, 4.69) is 41.1 Å². The molecule has 1 fully saturated rings. The average Bonchev–Trinajstić information content (AvgIpc) is 3.39. The van der Waals surface area contributed by atoms with E-state index in [1.165, 1.54) is 0 Å². The van der Waals surface area contributed by atoms with Crippen LogP contribution in [0.15, 0.2) is 48.8 Å². The molecule has 35 heavy (non-hydrogen) atoms. The lowest BCUT2D eigenvalue weighted by atomic mass is 9.97. The van der Waals surface area contributed by atoms with Crippen LogP contribution >= 0.6 is 11.6 Å². The maximum Gasteiger partial charge on any atom is 0.153 e. The normalized spacial score (nSPS) is 16.5. The summed E-state index contributed by atoms with van der Waals surface area (Å²) in [5.41, 5.74) is 4.53. The Balaban J connectivity index is 1.38. The zero-order valence-electron chi connectivity index (χ0n) is 20.6. The van der Waals surface area contributed by atoms with E-state index < -0.39 is 0 Å². The summed E-state index contributed by atoms with van der Waals surface area (Å²) in [7, 11) is 4.17. The van der Waals surface area contributed by atoms with Gasteiger partial charge in [0.2, 0.25) is 0 Å². The summed E-state index contributed by atoms with van der Waals surface area (Å²) in [5.74, 6) is 0.457. The molecule has 186 valence electrons. The molecule has 0 amide bonds. The molecule has 0 aliphatic carbocycles. The molecular formula is C27H33ClN4O3. The van der Waals surface area contributed by atoms with Gasteiger partial charge in [-0.1, -0.05) is 23.7 Å². The van der Waals surface area contributed by atoms with Gasteiger partial charge in [-0.15, -0.1) is 0 Å². The van der Waals surface area contributed by atoms with Gasteiger partial charge in [-0.3, -0.25) is 4.79 Å². The van der Waals surface area contributed by atoms with Crippen LogP contribution in [0.25, 0.3) is 5.69 Å². The number of nitrogens with zero attached hydrogens (tertiary/aromatic N) is 4. The maximum absolute atomic E-state index is 11.9. The number of ether oxygens (including phenoxy) is 2. The number of hydrogen-bond donors (Lipinski definition) is 0. The van der Waals surface area contributed by atoms with Gasteiger partial charge in [0.15, 0.2) is 6.29 Å². The Morgan fingerprint density at radius 2 is 2.11 bits per heavy atom. The molecular weight excluding hydrogens is 464 g/mol. The quantitative estimate of drug-likeness (QED) is 0.397. The van der Waals surface area contributed by atoms with Crippen molar-refractivity contribution in [3.63, 3.8) is 0 Å². The zero-order valence-corrected chi connectivity index (χ0v) is 21.4. The van der Waals surface area contributed by atoms with E-state index in [1.807, 2.05) is 42.1 Å². The van der Waals surface area contributed by atoms with E-state index in [0.717, 1.165) is 54.9 Å². The van der Waals surface area contributed by atoms with Gasteiger partial charge in [0.1, 0.15) is 12.4 Å². The first-order valence-corrected chi connectivity index (χ1v) is 12.3.